The molecule has 0 aliphatic rings. The topological polar surface area (TPSA) is 116 Å². The number of carbonyl (C=O) groups excluding carboxylic acids is 1. The Morgan fingerprint density at radius 2 is 1.85 bits per heavy atom. The number of amides is 1. The van der Waals surface area contributed by atoms with E-state index < -0.39 is 23.7 Å². The lowest BCUT2D eigenvalue weighted by Gasteiger charge is -2.19. The number of alkyl halides is 3. The van der Waals surface area contributed by atoms with Crippen molar-refractivity contribution in [1.29, 1.82) is 0 Å². The monoisotopic (exact) mass is 548 g/mol. The molecule has 40 heavy (non-hydrogen) atoms. The molecule has 1 atom stereocenters. The molecule has 0 bridgehead atoms. The van der Waals surface area contributed by atoms with E-state index in [1.54, 1.807) is 32.2 Å². The number of pyridine rings is 2. The van der Waals surface area contributed by atoms with E-state index in [2.05, 4.69) is 20.3 Å². The van der Waals surface area contributed by atoms with Crippen molar-refractivity contribution in [2.24, 2.45) is 0 Å². The molecule has 4 rings (SSSR count). The molecule has 0 aliphatic carbocycles. The van der Waals surface area contributed by atoms with E-state index in [-0.39, 0.29) is 29.3 Å². The average Bonchev–Trinajstić information content (AvgIpc) is 2.87. The molecule has 3 N–H and O–H groups in total. The SMILES string of the molecule is Cc1cc(C(/C=C/c2cnc(C(=O)NCc3ccc(C)nc3)c(C)c2)C(F)(F)F)cc(-n2ccc(N)nc2=O)c1. The van der Waals surface area contributed by atoms with Crippen molar-refractivity contribution in [3.63, 3.8) is 0 Å². The largest absolute Gasteiger partial charge is 0.399 e. The van der Waals surface area contributed by atoms with Crippen molar-refractivity contribution in [1.82, 2.24) is 24.8 Å². The minimum atomic E-state index is -4.61. The Morgan fingerprint density at radius 1 is 1.07 bits per heavy atom. The number of nitrogens with zero attached hydrogens (tertiary/aromatic N) is 4. The average molecular weight is 549 g/mol. The lowest BCUT2D eigenvalue weighted by Crippen LogP contribution is -2.24. The van der Waals surface area contributed by atoms with Gasteiger partial charge in [-0.25, -0.2) is 4.79 Å². The Labute approximate surface area is 228 Å². The van der Waals surface area contributed by atoms with Gasteiger partial charge in [-0.3, -0.25) is 19.3 Å². The van der Waals surface area contributed by atoms with Crippen molar-refractivity contribution >= 4 is 17.8 Å². The summed E-state index contributed by atoms with van der Waals surface area (Å²) in [6.07, 6.45) is 2.12. The number of nitrogens with one attached hydrogen (secondary N) is 1. The van der Waals surface area contributed by atoms with Gasteiger partial charge in [0, 0.05) is 30.8 Å². The lowest BCUT2D eigenvalue weighted by atomic mass is 9.95. The van der Waals surface area contributed by atoms with Gasteiger partial charge in [0.05, 0.1) is 11.6 Å². The fraction of sp³-hybridized carbons (Fsp3) is 0.207. The van der Waals surface area contributed by atoms with E-state index in [9.17, 15) is 22.8 Å². The molecular weight excluding hydrogens is 521 g/mol. The Kier molecular flexibility index (Phi) is 8.13. The molecule has 0 saturated carbocycles. The number of allylic oxidation sites excluding steroid dienone is 1. The third kappa shape index (κ3) is 6.79. The molecule has 206 valence electrons. The van der Waals surface area contributed by atoms with Crippen molar-refractivity contribution in [3.05, 3.63) is 117 Å². The van der Waals surface area contributed by atoms with Crippen molar-refractivity contribution in [2.45, 2.75) is 39.4 Å². The van der Waals surface area contributed by atoms with Gasteiger partial charge in [-0.05, 0) is 78.9 Å². The predicted molar refractivity (Wildman–Crippen MR) is 146 cm³/mol. The van der Waals surface area contributed by atoms with Crippen LogP contribution in [0.4, 0.5) is 19.0 Å². The summed E-state index contributed by atoms with van der Waals surface area (Å²) < 4.78 is 43.7. The maximum atomic E-state index is 14.2. The number of hydrogen-bond acceptors (Lipinski definition) is 6. The molecule has 11 heteroatoms. The van der Waals surface area contributed by atoms with Crippen molar-refractivity contribution in [3.8, 4) is 5.69 Å². The second-order valence-electron chi connectivity index (χ2n) is 9.41. The van der Waals surface area contributed by atoms with Crippen LogP contribution in [0.25, 0.3) is 11.8 Å². The fourth-order valence-electron chi connectivity index (χ4n) is 4.13. The number of aryl methyl sites for hydroxylation is 3. The number of hydrogen-bond donors (Lipinski definition) is 2. The molecule has 0 radical (unpaired) electrons. The zero-order valence-corrected chi connectivity index (χ0v) is 22.0. The second kappa shape index (κ2) is 11.5. The van der Waals surface area contributed by atoms with Crippen LogP contribution in [-0.2, 0) is 6.54 Å². The Bertz CT molecular complexity index is 1630. The maximum Gasteiger partial charge on any atom is 0.399 e. The lowest BCUT2D eigenvalue weighted by molar-refractivity contribution is -0.139. The number of halogens is 3. The predicted octanol–water partition coefficient (Wildman–Crippen LogP) is 4.82. The molecule has 0 spiro atoms. The maximum absolute atomic E-state index is 14.2. The fourth-order valence-corrected chi connectivity index (χ4v) is 4.13. The van der Waals surface area contributed by atoms with Gasteiger partial charge < -0.3 is 11.1 Å². The summed E-state index contributed by atoms with van der Waals surface area (Å²) in [6.45, 7) is 5.44. The van der Waals surface area contributed by atoms with E-state index >= 15 is 0 Å². The molecule has 8 nitrogen and oxygen atoms in total. The number of nitrogen functional groups attached to an aromatic ring is 1. The van der Waals surface area contributed by atoms with Crippen LogP contribution in [-0.4, -0.2) is 31.6 Å². The van der Waals surface area contributed by atoms with Crippen LogP contribution in [0.1, 0.15) is 49.9 Å². The molecule has 0 aliphatic heterocycles. The highest BCUT2D eigenvalue weighted by molar-refractivity contribution is 5.93. The number of benzene rings is 1. The molecule has 3 aromatic heterocycles. The minimum absolute atomic E-state index is 0.0150. The van der Waals surface area contributed by atoms with E-state index in [1.165, 1.54) is 36.7 Å². The van der Waals surface area contributed by atoms with Gasteiger partial charge in [0.2, 0.25) is 0 Å². The van der Waals surface area contributed by atoms with E-state index in [0.29, 0.717) is 16.7 Å². The first kappa shape index (κ1) is 28.2. The summed E-state index contributed by atoms with van der Waals surface area (Å²) >= 11 is 0. The summed E-state index contributed by atoms with van der Waals surface area (Å²) in [6, 6.07) is 11.0. The van der Waals surface area contributed by atoms with Crippen LogP contribution < -0.4 is 16.7 Å². The molecule has 0 fully saturated rings. The van der Waals surface area contributed by atoms with Crippen LogP contribution >= 0.6 is 0 Å². The van der Waals surface area contributed by atoms with E-state index in [0.717, 1.165) is 21.9 Å². The van der Waals surface area contributed by atoms with Crippen LogP contribution in [0, 0.1) is 20.8 Å². The smallest absolute Gasteiger partial charge is 0.383 e. The third-order valence-corrected chi connectivity index (χ3v) is 6.12. The molecule has 1 aromatic carbocycles. The Hall–Kier alpha value is -4.80. The molecule has 0 saturated heterocycles. The molecular formula is C29H27F3N6O2. The van der Waals surface area contributed by atoms with Gasteiger partial charge in [0.1, 0.15) is 11.5 Å². The van der Waals surface area contributed by atoms with Crippen LogP contribution in [0.2, 0.25) is 0 Å². The van der Waals surface area contributed by atoms with Gasteiger partial charge in [-0.15, -0.1) is 0 Å². The van der Waals surface area contributed by atoms with Gasteiger partial charge >= 0.3 is 11.9 Å². The third-order valence-electron chi connectivity index (χ3n) is 6.12. The standard InChI is InChI=1S/C29H27F3N6O2/c1-17-10-22(13-23(11-17)38-9-8-25(33)37-28(38)40)24(29(30,31)32)7-6-20-12-18(2)26(35-14-20)27(39)36-16-21-5-4-19(3)34-15-21/h4-15,24H,16H2,1-3H3,(H,36,39)(H2,33,37,40)/b7-6+. The number of anilines is 1. The highest BCUT2D eigenvalue weighted by atomic mass is 19.4. The quantitative estimate of drug-likeness (QED) is 0.342. The van der Waals surface area contributed by atoms with E-state index in [1.807, 2.05) is 19.1 Å². The summed E-state index contributed by atoms with van der Waals surface area (Å²) in [4.78, 5) is 36.9. The first-order valence-electron chi connectivity index (χ1n) is 12.3. The zero-order chi connectivity index (χ0) is 29.0. The first-order valence-corrected chi connectivity index (χ1v) is 12.3. The Morgan fingerprint density at radius 3 is 2.50 bits per heavy atom. The van der Waals surface area contributed by atoms with Gasteiger partial charge in [0.25, 0.3) is 5.91 Å². The van der Waals surface area contributed by atoms with Crippen molar-refractivity contribution in [2.75, 3.05) is 5.73 Å². The Balaban J connectivity index is 1.57. The summed E-state index contributed by atoms with van der Waals surface area (Å²) in [5, 5.41) is 2.77. The summed E-state index contributed by atoms with van der Waals surface area (Å²) in [5.74, 6) is -2.35. The summed E-state index contributed by atoms with van der Waals surface area (Å²) in [7, 11) is 0. The first-order chi connectivity index (χ1) is 18.9. The number of nitrogens with two attached hydrogens (primary N) is 1. The van der Waals surface area contributed by atoms with Gasteiger partial charge in [-0.1, -0.05) is 24.3 Å². The van der Waals surface area contributed by atoms with Crippen molar-refractivity contribution < 1.29 is 18.0 Å². The minimum Gasteiger partial charge on any atom is -0.383 e. The van der Waals surface area contributed by atoms with Gasteiger partial charge in [-0.2, -0.15) is 18.2 Å². The molecule has 1 amide bonds. The highest BCUT2D eigenvalue weighted by Gasteiger charge is 2.39. The summed E-state index contributed by atoms with van der Waals surface area (Å²) in [5.41, 5.74) is 8.34. The molecule has 4 aromatic rings. The number of rotatable bonds is 7. The van der Waals surface area contributed by atoms with Gasteiger partial charge in [0.15, 0.2) is 0 Å². The van der Waals surface area contributed by atoms with Crippen LogP contribution in [0.5, 0.6) is 0 Å². The van der Waals surface area contributed by atoms with Crippen LogP contribution in [0.15, 0.2) is 71.9 Å². The van der Waals surface area contributed by atoms with E-state index in [4.69, 9.17) is 5.73 Å². The normalized spacial score (nSPS) is 12.4. The zero-order valence-electron chi connectivity index (χ0n) is 22.0. The highest BCUT2D eigenvalue weighted by Crippen LogP contribution is 2.37. The molecule has 1 unspecified atom stereocenters. The molecule has 3 heterocycles. The second-order valence-corrected chi connectivity index (χ2v) is 9.41. The number of carbonyl (C=O) groups is 1. The number of aromatic nitrogens is 4. The van der Waals surface area contributed by atoms with Crippen LogP contribution in [0.3, 0.4) is 0 Å².